The second kappa shape index (κ2) is 6.02. The van der Waals surface area contributed by atoms with E-state index >= 15 is 0 Å². The fraction of sp³-hybridized carbons (Fsp3) is 0.875. The van der Waals surface area contributed by atoms with E-state index in [1.54, 1.807) is 0 Å². The van der Waals surface area contributed by atoms with Crippen LogP contribution in [0.5, 0.6) is 0 Å². The van der Waals surface area contributed by atoms with E-state index in [4.69, 9.17) is 0 Å². The molecule has 1 N–H and O–H groups in total. The van der Waals surface area contributed by atoms with Gasteiger partial charge in [0.2, 0.25) is 0 Å². The molecule has 2 saturated heterocycles. The van der Waals surface area contributed by atoms with Crippen LogP contribution in [0, 0.1) is 0 Å². The average molecular weight is 315 g/mol. The van der Waals surface area contributed by atoms with E-state index in [2.05, 4.69) is 59.0 Å². The van der Waals surface area contributed by atoms with Crippen molar-refractivity contribution >= 4 is 20.6 Å². The van der Waals surface area contributed by atoms with Gasteiger partial charge in [0.25, 0.3) is 0 Å². The molecule has 0 amide bonds. The van der Waals surface area contributed by atoms with Crippen molar-refractivity contribution in [3.63, 3.8) is 0 Å². The van der Waals surface area contributed by atoms with Crippen LogP contribution in [0.2, 0.25) is 0 Å². The molecule has 4 atom stereocenters. The Balaban J connectivity index is 2.48. The molecule has 0 aromatic rings. The summed E-state index contributed by atoms with van der Waals surface area (Å²) in [4.78, 5) is 0. The third-order valence-corrected chi connectivity index (χ3v) is 23.4. The molecule has 2 fully saturated rings. The molecule has 4 heteroatoms. The van der Waals surface area contributed by atoms with Crippen molar-refractivity contribution in [3.05, 3.63) is 12.4 Å². The van der Waals surface area contributed by atoms with Gasteiger partial charge in [-0.05, 0) is 0 Å². The van der Waals surface area contributed by atoms with Crippen LogP contribution in [-0.4, -0.2) is 42.6 Å². The van der Waals surface area contributed by atoms with Gasteiger partial charge in [-0.15, -0.1) is 0 Å². The van der Waals surface area contributed by atoms with E-state index in [0.29, 0.717) is 0 Å². The molecular formula is C16H36BNP2. The van der Waals surface area contributed by atoms with Crippen LogP contribution in [0.25, 0.3) is 0 Å². The minimum absolute atomic E-state index is 0.826. The number of hydrogen-bond acceptors (Lipinski definition) is 1. The Labute approximate surface area is 128 Å². The molecule has 0 radical (unpaired) electrons. The number of hydrogen-bond donors (Lipinski definition) is 1. The molecule has 2 aliphatic rings. The van der Waals surface area contributed by atoms with E-state index in [1.807, 2.05) is 0 Å². The van der Waals surface area contributed by atoms with Crippen molar-refractivity contribution < 1.29 is 0 Å². The molecule has 2 aliphatic heterocycles. The Morgan fingerprint density at radius 1 is 0.950 bits per heavy atom. The first-order chi connectivity index (χ1) is 9.35. The third-order valence-electron chi connectivity index (χ3n) is 7.66. The molecule has 2 rings (SSSR count). The molecular weight excluding hydrogens is 279 g/mol. The van der Waals surface area contributed by atoms with E-state index < -0.39 is 14.3 Å². The van der Waals surface area contributed by atoms with Crippen molar-refractivity contribution in [1.29, 1.82) is 0 Å². The molecule has 0 aromatic heterocycles. The van der Waals surface area contributed by atoms with Gasteiger partial charge >= 0.3 is 128 Å². The quantitative estimate of drug-likeness (QED) is 0.590. The second-order valence-corrected chi connectivity index (χ2v) is 18.9. The van der Waals surface area contributed by atoms with Gasteiger partial charge in [0.15, 0.2) is 0 Å². The molecule has 2 heterocycles. The Hall–Kier alpha value is 0.625. The normalized spacial score (nSPS) is 42.1. The standard InChI is InChI=1S/C16H36BNP2/c1-8-20(15(4)11-12-16(20)5)17(18-6)19(7)13(2)9-10-14(19)3/h8,13-16,18-20H,1,9-12H2,2-7H3/t13-,14-,15-,16-/m1/s1. The first-order valence-corrected chi connectivity index (χ1v) is 13.7. The van der Waals surface area contributed by atoms with Crippen LogP contribution < -0.4 is 5.23 Å². The molecule has 0 spiro atoms. The zero-order valence-electron chi connectivity index (χ0n) is 14.5. The van der Waals surface area contributed by atoms with Crippen LogP contribution in [0.1, 0.15) is 53.4 Å². The molecule has 0 bridgehead atoms. The van der Waals surface area contributed by atoms with Gasteiger partial charge < -0.3 is 0 Å². The van der Waals surface area contributed by atoms with Gasteiger partial charge in [-0.25, -0.2) is 0 Å². The molecule has 20 heavy (non-hydrogen) atoms. The summed E-state index contributed by atoms with van der Waals surface area (Å²) < 4.78 is 0. The zero-order valence-corrected chi connectivity index (χ0v) is 16.5. The van der Waals surface area contributed by atoms with Gasteiger partial charge in [-0.2, -0.15) is 0 Å². The molecule has 1 nitrogen and oxygen atoms in total. The van der Waals surface area contributed by atoms with Gasteiger partial charge in [0.1, 0.15) is 0 Å². The molecule has 0 saturated carbocycles. The van der Waals surface area contributed by atoms with Crippen LogP contribution in [-0.2, 0) is 0 Å². The Morgan fingerprint density at radius 3 is 1.70 bits per heavy atom. The van der Waals surface area contributed by atoms with E-state index in [-0.39, 0.29) is 0 Å². The first-order valence-electron chi connectivity index (χ1n) is 8.66. The van der Waals surface area contributed by atoms with Crippen LogP contribution in [0.3, 0.4) is 0 Å². The summed E-state index contributed by atoms with van der Waals surface area (Å²) in [6.07, 6.45) is 6.63. The van der Waals surface area contributed by atoms with Crippen molar-refractivity contribution in [2.45, 2.75) is 76.0 Å². The van der Waals surface area contributed by atoms with Crippen molar-refractivity contribution in [3.8, 4) is 0 Å². The number of rotatable bonds is 4. The molecule has 0 aromatic carbocycles. The van der Waals surface area contributed by atoms with Crippen molar-refractivity contribution in [1.82, 2.24) is 5.23 Å². The van der Waals surface area contributed by atoms with Crippen LogP contribution >= 0.6 is 14.3 Å². The third kappa shape index (κ3) is 2.17. The molecule has 118 valence electrons. The van der Waals surface area contributed by atoms with E-state index in [9.17, 15) is 0 Å². The van der Waals surface area contributed by atoms with Crippen LogP contribution in [0.15, 0.2) is 12.4 Å². The predicted molar refractivity (Wildman–Crippen MR) is 104 cm³/mol. The maximum atomic E-state index is 4.38. The molecule has 0 unspecified atom stereocenters. The van der Waals surface area contributed by atoms with Gasteiger partial charge in [0, 0.05) is 0 Å². The second-order valence-electron chi connectivity index (χ2n) is 8.05. The summed E-state index contributed by atoms with van der Waals surface area (Å²) in [5.41, 5.74) is 3.77. The summed E-state index contributed by atoms with van der Waals surface area (Å²) in [6, 6.07) is 0. The maximum absolute atomic E-state index is 4.38. The monoisotopic (exact) mass is 315 g/mol. The summed E-state index contributed by atoms with van der Waals surface area (Å²) in [6.45, 7) is 17.3. The fourth-order valence-electron chi connectivity index (χ4n) is 5.85. The number of nitrogens with one attached hydrogen (secondary N) is 1. The van der Waals surface area contributed by atoms with E-state index in [0.717, 1.165) is 28.9 Å². The average Bonchev–Trinajstić information content (AvgIpc) is 2.85. The predicted octanol–water partition coefficient (Wildman–Crippen LogP) is 4.61. The SMILES string of the molecule is C=C[PH]1(B(NC)[PH]2(C)[C@H](C)CC[C@H]2C)[C@H](C)CC[C@H]1C. The van der Waals surface area contributed by atoms with Gasteiger partial charge in [0.05, 0.1) is 0 Å². The minimum atomic E-state index is -1.45. The topological polar surface area (TPSA) is 12.0 Å². The first kappa shape index (κ1) is 17.0. The van der Waals surface area contributed by atoms with Crippen LogP contribution in [0.4, 0.5) is 0 Å². The summed E-state index contributed by atoms with van der Waals surface area (Å²) >= 11 is 0. The van der Waals surface area contributed by atoms with Gasteiger partial charge in [-0.3, -0.25) is 0 Å². The Bertz CT molecular complexity index is 353. The fourth-order valence-corrected chi connectivity index (χ4v) is 23.2. The Morgan fingerprint density at radius 2 is 1.35 bits per heavy atom. The van der Waals surface area contributed by atoms with Gasteiger partial charge in [-0.1, -0.05) is 0 Å². The summed E-state index contributed by atoms with van der Waals surface area (Å²) in [7, 11) is -0.487. The van der Waals surface area contributed by atoms with Crippen molar-refractivity contribution in [2.24, 2.45) is 0 Å². The summed E-state index contributed by atoms with van der Waals surface area (Å²) in [5.74, 6) is 2.49. The van der Waals surface area contributed by atoms with E-state index in [1.165, 1.54) is 25.7 Å². The Kier molecular flexibility index (Phi) is 5.11. The zero-order chi connectivity index (χ0) is 15.1. The summed E-state index contributed by atoms with van der Waals surface area (Å²) in [5, 5.41) is 3.89. The molecule has 0 aliphatic carbocycles. The van der Waals surface area contributed by atoms with Crippen molar-refractivity contribution in [2.75, 3.05) is 13.7 Å².